The molecule has 92 valence electrons. The first-order chi connectivity index (χ1) is 7.42. The summed E-state index contributed by atoms with van der Waals surface area (Å²) in [6.07, 6.45) is 0. The van der Waals surface area contributed by atoms with Crippen LogP contribution >= 0.6 is 12.6 Å². The highest BCUT2D eigenvalue weighted by atomic mass is 32.1. The van der Waals surface area contributed by atoms with Gasteiger partial charge in [-0.2, -0.15) is 12.6 Å². The number of methoxy groups -OCH3 is 1. The van der Waals surface area contributed by atoms with Crippen LogP contribution in [0.4, 0.5) is 0 Å². The SMILES string of the molecule is COC(=O)[C@H](CS)N(NC(C)=O)NC(C)=O. The summed E-state index contributed by atoms with van der Waals surface area (Å²) in [7, 11) is 1.21. The van der Waals surface area contributed by atoms with Crippen LogP contribution in [0.2, 0.25) is 0 Å². The zero-order valence-electron chi connectivity index (χ0n) is 9.31. The Hall–Kier alpha value is -1.28. The molecule has 7 nitrogen and oxygen atoms in total. The normalized spacial score (nSPS) is 11.8. The number of thiol groups is 1. The fourth-order valence-electron chi connectivity index (χ4n) is 0.921. The number of nitrogens with zero attached hydrogens (tertiary/aromatic N) is 1. The molecule has 0 heterocycles. The van der Waals surface area contributed by atoms with Crippen LogP contribution in [-0.4, -0.2) is 41.8 Å². The summed E-state index contributed by atoms with van der Waals surface area (Å²) < 4.78 is 4.52. The molecule has 0 aromatic carbocycles. The molecule has 0 rings (SSSR count). The maximum absolute atomic E-state index is 11.3. The van der Waals surface area contributed by atoms with Gasteiger partial charge < -0.3 is 4.74 Å². The molecule has 1 atom stereocenters. The van der Waals surface area contributed by atoms with Gasteiger partial charge in [-0.15, -0.1) is 5.12 Å². The van der Waals surface area contributed by atoms with E-state index in [0.29, 0.717) is 0 Å². The number of hydrazine groups is 2. The lowest BCUT2D eigenvalue weighted by Crippen LogP contribution is -2.60. The Bertz CT molecular complexity index is 268. The van der Waals surface area contributed by atoms with Crippen molar-refractivity contribution in [2.75, 3.05) is 12.9 Å². The summed E-state index contributed by atoms with van der Waals surface area (Å²) in [5, 5.41) is 0.976. The van der Waals surface area contributed by atoms with Gasteiger partial charge in [-0.3, -0.25) is 25.2 Å². The van der Waals surface area contributed by atoms with Crippen molar-refractivity contribution in [1.82, 2.24) is 16.0 Å². The van der Waals surface area contributed by atoms with Gasteiger partial charge in [-0.25, -0.2) is 0 Å². The van der Waals surface area contributed by atoms with Gasteiger partial charge in [0, 0.05) is 19.6 Å². The molecule has 0 aliphatic rings. The lowest BCUT2D eigenvalue weighted by atomic mass is 10.3. The Morgan fingerprint density at radius 1 is 1.25 bits per heavy atom. The molecule has 0 unspecified atom stereocenters. The number of amides is 2. The smallest absolute Gasteiger partial charge is 0.327 e. The highest BCUT2D eigenvalue weighted by Crippen LogP contribution is 1.99. The van der Waals surface area contributed by atoms with Gasteiger partial charge in [-0.05, 0) is 0 Å². The maximum atomic E-state index is 11.3. The van der Waals surface area contributed by atoms with Gasteiger partial charge in [0.15, 0.2) is 6.04 Å². The molecule has 0 aliphatic carbocycles. The first-order valence-electron chi connectivity index (χ1n) is 4.44. The number of hydrogen-bond acceptors (Lipinski definition) is 6. The zero-order chi connectivity index (χ0) is 12.7. The number of nitrogens with one attached hydrogen (secondary N) is 2. The van der Waals surface area contributed by atoms with Gasteiger partial charge in [0.2, 0.25) is 11.8 Å². The number of carbonyl (C=O) groups excluding carboxylic acids is 3. The van der Waals surface area contributed by atoms with E-state index >= 15 is 0 Å². The molecule has 0 aliphatic heterocycles. The highest BCUT2D eigenvalue weighted by molar-refractivity contribution is 7.80. The van der Waals surface area contributed by atoms with E-state index in [4.69, 9.17) is 0 Å². The molecule has 0 spiro atoms. The zero-order valence-corrected chi connectivity index (χ0v) is 10.2. The number of rotatable bonds is 5. The van der Waals surface area contributed by atoms with Gasteiger partial charge in [0.25, 0.3) is 0 Å². The van der Waals surface area contributed by atoms with E-state index in [-0.39, 0.29) is 5.75 Å². The Balaban J connectivity index is 4.74. The summed E-state index contributed by atoms with van der Waals surface area (Å²) in [6.45, 7) is 2.50. The maximum Gasteiger partial charge on any atom is 0.327 e. The van der Waals surface area contributed by atoms with Crippen molar-refractivity contribution < 1.29 is 19.1 Å². The van der Waals surface area contributed by atoms with Gasteiger partial charge in [0.1, 0.15) is 0 Å². The third-order valence-electron chi connectivity index (χ3n) is 1.51. The van der Waals surface area contributed by atoms with Crippen LogP contribution < -0.4 is 10.9 Å². The molecule has 0 aromatic rings. The number of ether oxygens (including phenoxy) is 1. The molecule has 16 heavy (non-hydrogen) atoms. The number of carbonyl (C=O) groups is 3. The van der Waals surface area contributed by atoms with Crippen molar-refractivity contribution in [2.45, 2.75) is 19.9 Å². The van der Waals surface area contributed by atoms with Crippen molar-refractivity contribution in [3.63, 3.8) is 0 Å². The van der Waals surface area contributed by atoms with Crippen LogP contribution in [0.5, 0.6) is 0 Å². The van der Waals surface area contributed by atoms with Crippen molar-refractivity contribution in [3.8, 4) is 0 Å². The minimum absolute atomic E-state index is 0.0766. The summed E-state index contributed by atoms with van der Waals surface area (Å²) in [5.41, 5.74) is 4.58. The minimum atomic E-state index is -0.888. The van der Waals surface area contributed by atoms with Gasteiger partial charge >= 0.3 is 5.97 Å². The quantitative estimate of drug-likeness (QED) is 0.326. The van der Waals surface area contributed by atoms with Crippen molar-refractivity contribution in [3.05, 3.63) is 0 Å². The Morgan fingerprint density at radius 3 is 1.94 bits per heavy atom. The summed E-state index contributed by atoms with van der Waals surface area (Å²) >= 11 is 3.95. The lowest BCUT2D eigenvalue weighted by Gasteiger charge is -2.27. The molecule has 8 heteroatoms. The third kappa shape index (κ3) is 4.99. The van der Waals surface area contributed by atoms with E-state index in [0.717, 1.165) is 5.12 Å². The van der Waals surface area contributed by atoms with Crippen LogP contribution in [0.15, 0.2) is 0 Å². The second-order valence-electron chi connectivity index (χ2n) is 2.93. The highest BCUT2D eigenvalue weighted by Gasteiger charge is 2.27. The van der Waals surface area contributed by atoms with Crippen LogP contribution in [-0.2, 0) is 19.1 Å². The third-order valence-corrected chi connectivity index (χ3v) is 1.86. The van der Waals surface area contributed by atoms with E-state index in [2.05, 4.69) is 28.2 Å². The van der Waals surface area contributed by atoms with Crippen LogP contribution in [0.25, 0.3) is 0 Å². The van der Waals surface area contributed by atoms with Crippen molar-refractivity contribution >= 4 is 30.4 Å². The summed E-state index contributed by atoms with van der Waals surface area (Å²) in [4.78, 5) is 33.1. The topological polar surface area (TPSA) is 87.7 Å². The predicted octanol–water partition coefficient (Wildman–Crippen LogP) is -1.14. The van der Waals surface area contributed by atoms with Gasteiger partial charge in [-0.1, -0.05) is 0 Å². The first kappa shape index (κ1) is 14.7. The standard InChI is InChI=1S/C8H15N3O4S/c1-5(12)9-11(10-6(2)13)7(4-16)8(14)15-3/h7,16H,4H2,1-3H3,(H,9,12)(H,10,13)/t7-/m0/s1. The Morgan fingerprint density at radius 2 is 1.69 bits per heavy atom. The Labute approximate surface area is 98.8 Å². The van der Waals surface area contributed by atoms with E-state index in [1.807, 2.05) is 0 Å². The molecule has 0 bridgehead atoms. The van der Waals surface area contributed by atoms with E-state index in [1.54, 1.807) is 0 Å². The Kier molecular flexibility index (Phi) is 6.50. The number of esters is 1. The number of hydrogen-bond donors (Lipinski definition) is 3. The lowest BCUT2D eigenvalue weighted by molar-refractivity contribution is -0.152. The summed E-state index contributed by atoms with van der Waals surface area (Å²) in [5.74, 6) is -1.39. The average Bonchev–Trinajstić information content (AvgIpc) is 2.16. The molecule has 0 fully saturated rings. The van der Waals surface area contributed by atoms with Crippen molar-refractivity contribution in [1.29, 1.82) is 0 Å². The largest absolute Gasteiger partial charge is 0.468 e. The minimum Gasteiger partial charge on any atom is -0.468 e. The average molecular weight is 249 g/mol. The van der Waals surface area contributed by atoms with E-state index in [1.165, 1.54) is 21.0 Å². The van der Waals surface area contributed by atoms with Crippen LogP contribution in [0.1, 0.15) is 13.8 Å². The molecule has 0 aromatic heterocycles. The molecule has 0 saturated heterocycles. The van der Waals surface area contributed by atoms with Gasteiger partial charge in [0.05, 0.1) is 7.11 Å². The molecule has 0 radical (unpaired) electrons. The second kappa shape index (κ2) is 7.07. The molecule has 0 saturated carbocycles. The fraction of sp³-hybridized carbons (Fsp3) is 0.625. The van der Waals surface area contributed by atoms with E-state index < -0.39 is 23.8 Å². The van der Waals surface area contributed by atoms with E-state index in [9.17, 15) is 14.4 Å². The molecular weight excluding hydrogens is 234 g/mol. The van der Waals surface area contributed by atoms with Crippen LogP contribution in [0.3, 0.4) is 0 Å². The van der Waals surface area contributed by atoms with Crippen LogP contribution in [0, 0.1) is 0 Å². The molecular formula is C8H15N3O4S. The predicted molar refractivity (Wildman–Crippen MR) is 59.1 cm³/mol. The first-order valence-corrected chi connectivity index (χ1v) is 5.08. The molecule has 2 amide bonds. The fourth-order valence-corrected chi connectivity index (χ4v) is 1.23. The van der Waals surface area contributed by atoms with Crippen molar-refractivity contribution in [2.24, 2.45) is 0 Å². The molecule has 2 N–H and O–H groups in total. The second-order valence-corrected chi connectivity index (χ2v) is 3.29. The summed E-state index contributed by atoms with van der Waals surface area (Å²) in [6, 6.07) is -0.888. The monoisotopic (exact) mass is 249 g/mol.